The molecule has 20 heavy (non-hydrogen) atoms. The molecule has 1 saturated heterocycles. The highest BCUT2D eigenvalue weighted by Gasteiger charge is 2.21. The predicted octanol–water partition coefficient (Wildman–Crippen LogP) is 3.04. The number of nitroso groups, excluding NO2 is 1. The maximum absolute atomic E-state index is 10.7. The summed E-state index contributed by atoms with van der Waals surface area (Å²) in [6, 6.07) is 5.51. The summed E-state index contributed by atoms with van der Waals surface area (Å²) in [6.07, 6.45) is 2.16. The maximum atomic E-state index is 10.7. The molecule has 1 aliphatic heterocycles. The van der Waals surface area contributed by atoms with Crippen molar-refractivity contribution < 1.29 is 4.74 Å². The van der Waals surface area contributed by atoms with Crippen LogP contribution in [0.25, 0.3) is 0 Å². The standard InChI is InChI=1S/C15H21N3O2/c1-11(16-2)12-6-8-18(9-7-12)13-4-5-14(17-19)15(10-13)20-3/h4-5,10,12,16H,1,6-9H2,2-3H3. The van der Waals surface area contributed by atoms with Crippen LogP contribution in [-0.4, -0.2) is 27.2 Å². The van der Waals surface area contributed by atoms with Crippen molar-refractivity contribution in [2.75, 3.05) is 32.1 Å². The minimum atomic E-state index is 0.342. The van der Waals surface area contributed by atoms with Crippen molar-refractivity contribution in [2.24, 2.45) is 11.1 Å². The van der Waals surface area contributed by atoms with E-state index in [0.717, 1.165) is 37.3 Å². The van der Waals surface area contributed by atoms with Crippen LogP contribution in [0.4, 0.5) is 11.4 Å². The Morgan fingerprint density at radius 2 is 2.15 bits per heavy atom. The summed E-state index contributed by atoms with van der Waals surface area (Å²) in [4.78, 5) is 13.0. The number of hydrogen-bond acceptors (Lipinski definition) is 5. The van der Waals surface area contributed by atoms with Gasteiger partial charge in [0.25, 0.3) is 0 Å². The Bertz CT molecular complexity index is 494. The largest absolute Gasteiger partial charge is 0.494 e. The number of ether oxygens (including phenoxy) is 1. The minimum Gasteiger partial charge on any atom is -0.494 e. The van der Waals surface area contributed by atoms with Gasteiger partial charge < -0.3 is 15.0 Å². The molecule has 1 aromatic carbocycles. The van der Waals surface area contributed by atoms with Crippen LogP contribution < -0.4 is 15.0 Å². The van der Waals surface area contributed by atoms with Gasteiger partial charge in [0.2, 0.25) is 0 Å². The molecule has 0 radical (unpaired) electrons. The van der Waals surface area contributed by atoms with Gasteiger partial charge in [-0.1, -0.05) is 6.58 Å². The third-order valence-corrected chi connectivity index (χ3v) is 3.94. The quantitative estimate of drug-likeness (QED) is 0.839. The molecule has 0 saturated carbocycles. The fraction of sp³-hybridized carbons (Fsp3) is 0.467. The van der Waals surface area contributed by atoms with E-state index in [9.17, 15) is 4.91 Å². The summed E-state index contributed by atoms with van der Waals surface area (Å²) < 4.78 is 5.20. The Morgan fingerprint density at radius 1 is 1.45 bits per heavy atom. The highest BCUT2D eigenvalue weighted by Crippen LogP contribution is 2.33. The van der Waals surface area contributed by atoms with Crippen molar-refractivity contribution in [3.05, 3.63) is 35.4 Å². The number of benzene rings is 1. The van der Waals surface area contributed by atoms with Crippen LogP contribution in [0.15, 0.2) is 35.7 Å². The van der Waals surface area contributed by atoms with Gasteiger partial charge in [0, 0.05) is 43.5 Å². The summed E-state index contributed by atoms with van der Waals surface area (Å²) in [5.41, 5.74) is 2.53. The van der Waals surface area contributed by atoms with E-state index in [4.69, 9.17) is 4.74 Å². The van der Waals surface area contributed by atoms with Gasteiger partial charge in [-0.05, 0) is 30.2 Å². The highest BCUT2D eigenvalue weighted by molar-refractivity contribution is 5.62. The maximum Gasteiger partial charge on any atom is 0.150 e. The number of hydrogen-bond donors (Lipinski definition) is 1. The van der Waals surface area contributed by atoms with Crippen molar-refractivity contribution in [3.8, 4) is 5.75 Å². The van der Waals surface area contributed by atoms with E-state index in [1.54, 1.807) is 13.2 Å². The summed E-state index contributed by atoms with van der Waals surface area (Å²) in [6.45, 7) is 6.00. The van der Waals surface area contributed by atoms with Crippen molar-refractivity contribution in [1.82, 2.24) is 5.32 Å². The number of anilines is 1. The molecule has 5 heteroatoms. The van der Waals surface area contributed by atoms with Gasteiger partial charge in [0.1, 0.15) is 11.4 Å². The molecule has 1 fully saturated rings. The molecule has 0 spiro atoms. The second kappa shape index (κ2) is 6.41. The van der Waals surface area contributed by atoms with E-state index in [2.05, 4.69) is 22.0 Å². The second-order valence-electron chi connectivity index (χ2n) is 4.98. The molecule has 0 amide bonds. The van der Waals surface area contributed by atoms with Gasteiger partial charge in [0.15, 0.2) is 0 Å². The lowest BCUT2D eigenvalue weighted by atomic mass is 9.93. The van der Waals surface area contributed by atoms with E-state index in [-0.39, 0.29) is 0 Å². The second-order valence-corrected chi connectivity index (χ2v) is 4.98. The van der Waals surface area contributed by atoms with Crippen molar-refractivity contribution in [1.29, 1.82) is 0 Å². The van der Waals surface area contributed by atoms with Gasteiger partial charge in [-0.15, -0.1) is 4.91 Å². The molecule has 2 rings (SSSR count). The molecule has 1 aromatic rings. The fourth-order valence-corrected chi connectivity index (χ4v) is 2.63. The third kappa shape index (κ3) is 2.92. The lowest BCUT2D eigenvalue weighted by Gasteiger charge is -2.34. The zero-order valence-corrected chi connectivity index (χ0v) is 12.1. The van der Waals surface area contributed by atoms with Gasteiger partial charge in [0.05, 0.1) is 7.11 Å². The number of piperidine rings is 1. The van der Waals surface area contributed by atoms with E-state index >= 15 is 0 Å². The first-order valence-corrected chi connectivity index (χ1v) is 6.82. The lowest BCUT2D eigenvalue weighted by Crippen LogP contribution is -2.35. The van der Waals surface area contributed by atoms with E-state index in [1.165, 1.54) is 0 Å². The van der Waals surface area contributed by atoms with E-state index < -0.39 is 0 Å². The molecule has 1 aliphatic rings. The number of rotatable bonds is 5. The zero-order valence-electron chi connectivity index (χ0n) is 12.1. The lowest BCUT2D eigenvalue weighted by molar-refractivity contribution is 0.415. The predicted molar refractivity (Wildman–Crippen MR) is 81.6 cm³/mol. The summed E-state index contributed by atoms with van der Waals surface area (Å²) in [5.74, 6) is 1.06. The third-order valence-electron chi connectivity index (χ3n) is 3.94. The Hall–Kier alpha value is -2.04. The summed E-state index contributed by atoms with van der Waals surface area (Å²) >= 11 is 0. The average Bonchev–Trinajstić information content (AvgIpc) is 2.53. The van der Waals surface area contributed by atoms with Crippen LogP contribution in [0.1, 0.15) is 12.8 Å². The number of allylic oxidation sites excluding steroid dienone is 1. The number of methoxy groups -OCH3 is 1. The van der Waals surface area contributed by atoms with Crippen LogP contribution in [0.5, 0.6) is 5.75 Å². The Balaban J connectivity index is 2.07. The van der Waals surface area contributed by atoms with Crippen molar-refractivity contribution in [2.45, 2.75) is 12.8 Å². The first-order valence-electron chi connectivity index (χ1n) is 6.82. The molecule has 0 atom stereocenters. The van der Waals surface area contributed by atoms with Crippen molar-refractivity contribution in [3.63, 3.8) is 0 Å². The van der Waals surface area contributed by atoms with Crippen LogP contribution in [0.2, 0.25) is 0 Å². The van der Waals surface area contributed by atoms with E-state index in [1.807, 2.05) is 19.2 Å². The molecule has 1 heterocycles. The Morgan fingerprint density at radius 3 is 2.70 bits per heavy atom. The molecule has 5 nitrogen and oxygen atoms in total. The first kappa shape index (κ1) is 14.4. The normalized spacial score (nSPS) is 15.8. The Kier molecular flexibility index (Phi) is 4.61. The topological polar surface area (TPSA) is 53.9 Å². The monoisotopic (exact) mass is 275 g/mol. The van der Waals surface area contributed by atoms with Crippen LogP contribution in [0, 0.1) is 10.8 Å². The highest BCUT2D eigenvalue weighted by atomic mass is 16.5. The van der Waals surface area contributed by atoms with Crippen LogP contribution in [0.3, 0.4) is 0 Å². The van der Waals surface area contributed by atoms with Crippen LogP contribution in [-0.2, 0) is 0 Å². The molecule has 1 N–H and O–H groups in total. The number of nitrogens with zero attached hydrogens (tertiary/aromatic N) is 2. The molecule has 0 unspecified atom stereocenters. The molecule has 108 valence electrons. The molecule has 0 aromatic heterocycles. The zero-order chi connectivity index (χ0) is 14.5. The van der Waals surface area contributed by atoms with E-state index in [0.29, 0.717) is 17.4 Å². The smallest absolute Gasteiger partial charge is 0.150 e. The summed E-state index contributed by atoms with van der Waals surface area (Å²) in [5, 5.41) is 6.10. The molecule has 0 aliphatic carbocycles. The summed E-state index contributed by atoms with van der Waals surface area (Å²) in [7, 11) is 3.47. The van der Waals surface area contributed by atoms with Gasteiger partial charge in [-0.3, -0.25) is 0 Å². The van der Waals surface area contributed by atoms with Gasteiger partial charge >= 0.3 is 0 Å². The first-order chi connectivity index (χ1) is 9.69. The number of nitrogens with one attached hydrogen (secondary N) is 1. The molecular weight excluding hydrogens is 254 g/mol. The van der Waals surface area contributed by atoms with Crippen molar-refractivity contribution >= 4 is 11.4 Å². The average molecular weight is 275 g/mol. The SMILES string of the molecule is C=C(NC)C1CCN(c2ccc(N=O)c(OC)c2)CC1. The van der Waals surface area contributed by atoms with Gasteiger partial charge in [-0.25, -0.2) is 0 Å². The molecular formula is C15H21N3O2. The fourth-order valence-electron chi connectivity index (χ4n) is 2.63. The van der Waals surface area contributed by atoms with Crippen LogP contribution >= 0.6 is 0 Å². The minimum absolute atomic E-state index is 0.342. The molecule has 0 bridgehead atoms. The van der Waals surface area contributed by atoms with Gasteiger partial charge in [-0.2, -0.15) is 0 Å². The Labute approximate surface area is 119 Å².